The number of carbonyl (C=O) groups excluding carboxylic acids is 3. The van der Waals surface area contributed by atoms with Crippen molar-refractivity contribution < 1.29 is 19.1 Å². The SMILES string of the molecule is O=C(Nc1cccc(Cl)c1)C1[C@@H]2C=CC3(O2)C(C(=O)NC2CCCCC2)N(CCc2ccccc2Cl)C(=O)[C@H]13. The number of anilines is 1. The molecule has 0 aromatic heterocycles. The standard InChI is InChI=1S/C30H31Cl2N3O4/c31-19-8-6-11-21(17-19)34-27(36)24-23-13-15-30(39-23)25(24)29(38)35(16-14-18-7-4-5-12-22(18)32)26(30)28(37)33-20-9-2-1-3-10-20/h4-8,11-13,15,17,20,23-26H,1-3,9-10,14,16H2,(H,33,37)(H,34,36)/t23-,24?,25-,26?,30?/m0/s1. The van der Waals surface area contributed by atoms with E-state index in [1.54, 1.807) is 29.2 Å². The van der Waals surface area contributed by atoms with E-state index in [2.05, 4.69) is 10.6 Å². The maximum absolute atomic E-state index is 14.1. The predicted molar refractivity (Wildman–Crippen MR) is 149 cm³/mol. The van der Waals surface area contributed by atoms with E-state index in [9.17, 15) is 14.4 Å². The second-order valence-corrected chi connectivity index (χ2v) is 11.8. The third-order valence-corrected chi connectivity index (χ3v) is 9.15. The number of hydrogen-bond donors (Lipinski definition) is 2. The number of rotatable bonds is 7. The zero-order valence-electron chi connectivity index (χ0n) is 21.4. The van der Waals surface area contributed by atoms with E-state index in [0.29, 0.717) is 22.2 Å². The first-order valence-electron chi connectivity index (χ1n) is 13.7. The number of hydrogen-bond acceptors (Lipinski definition) is 4. The molecule has 39 heavy (non-hydrogen) atoms. The van der Waals surface area contributed by atoms with Gasteiger partial charge in [0.1, 0.15) is 11.6 Å². The van der Waals surface area contributed by atoms with Crippen LogP contribution in [0.4, 0.5) is 5.69 Å². The van der Waals surface area contributed by atoms with Crippen LogP contribution in [-0.4, -0.2) is 53.0 Å². The highest BCUT2D eigenvalue weighted by molar-refractivity contribution is 6.31. The highest BCUT2D eigenvalue weighted by Gasteiger charge is 2.72. The Morgan fingerprint density at radius 1 is 1.03 bits per heavy atom. The van der Waals surface area contributed by atoms with Crippen LogP contribution >= 0.6 is 23.2 Å². The summed E-state index contributed by atoms with van der Waals surface area (Å²) in [5.41, 5.74) is 0.238. The lowest BCUT2D eigenvalue weighted by molar-refractivity contribution is -0.141. The molecule has 3 heterocycles. The van der Waals surface area contributed by atoms with E-state index in [4.69, 9.17) is 27.9 Å². The summed E-state index contributed by atoms with van der Waals surface area (Å²) in [4.78, 5) is 43.2. The molecule has 1 spiro atoms. The molecule has 3 fully saturated rings. The van der Waals surface area contributed by atoms with Gasteiger partial charge in [0.2, 0.25) is 17.7 Å². The first-order valence-corrected chi connectivity index (χ1v) is 14.4. The van der Waals surface area contributed by atoms with Crippen molar-refractivity contribution in [1.82, 2.24) is 10.2 Å². The van der Waals surface area contributed by atoms with Crippen molar-refractivity contribution in [3.8, 4) is 0 Å². The van der Waals surface area contributed by atoms with Gasteiger partial charge in [-0.1, -0.05) is 78.9 Å². The minimum Gasteiger partial charge on any atom is -0.359 e. The fraction of sp³-hybridized carbons (Fsp3) is 0.433. The summed E-state index contributed by atoms with van der Waals surface area (Å²) in [7, 11) is 0. The third-order valence-electron chi connectivity index (χ3n) is 8.55. The average molecular weight is 569 g/mol. The van der Waals surface area contributed by atoms with E-state index < -0.39 is 29.6 Å². The molecule has 7 nitrogen and oxygen atoms in total. The average Bonchev–Trinajstić information content (AvgIpc) is 3.56. The smallest absolute Gasteiger partial charge is 0.246 e. The van der Waals surface area contributed by atoms with Gasteiger partial charge >= 0.3 is 0 Å². The van der Waals surface area contributed by atoms with Gasteiger partial charge in [-0.05, 0) is 49.1 Å². The Labute approximate surface area is 237 Å². The van der Waals surface area contributed by atoms with Gasteiger partial charge in [-0.15, -0.1) is 0 Å². The molecule has 1 saturated carbocycles. The van der Waals surface area contributed by atoms with Gasteiger partial charge < -0.3 is 20.3 Å². The molecule has 9 heteroatoms. The molecule has 2 aromatic rings. The quantitative estimate of drug-likeness (QED) is 0.471. The van der Waals surface area contributed by atoms with Crippen LogP contribution in [0.5, 0.6) is 0 Å². The molecular weight excluding hydrogens is 537 g/mol. The van der Waals surface area contributed by atoms with Crippen LogP contribution in [0.2, 0.25) is 10.0 Å². The lowest BCUT2D eigenvalue weighted by Gasteiger charge is -2.34. The molecule has 3 amide bonds. The Morgan fingerprint density at radius 3 is 2.59 bits per heavy atom. The summed E-state index contributed by atoms with van der Waals surface area (Å²) in [6.45, 7) is 0.286. The van der Waals surface area contributed by atoms with Crippen LogP contribution in [-0.2, 0) is 25.5 Å². The van der Waals surface area contributed by atoms with Crippen LogP contribution in [0.15, 0.2) is 60.7 Å². The summed E-state index contributed by atoms with van der Waals surface area (Å²) in [5.74, 6) is -2.37. The molecule has 4 aliphatic rings. The zero-order chi connectivity index (χ0) is 27.1. The summed E-state index contributed by atoms with van der Waals surface area (Å²) >= 11 is 12.5. The van der Waals surface area contributed by atoms with E-state index in [1.807, 2.05) is 36.4 Å². The van der Waals surface area contributed by atoms with Gasteiger partial charge in [0.05, 0.1) is 17.9 Å². The van der Waals surface area contributed by atoms with Crippen molar-refractivity contribution in [3.05, 3.63) is 76.3 Å². The number of likely N-dealkylation sites (tertiary alicyclic amines) is 1. The van der Waals surface area contributed by atoms with Gasteiger partial charge in [0.25, 0.3) is 0 Å². The fourth-order valence-corrected chi connectivity index (χ4v) is 7.19. The van der Waals surface area contributed by atoms with Gasteiger partial charge in [-0.2, -0.15) is 0 Å². The summed E-state index contributed by atoms with van der Waals surface area (Å²) in [6.07, 6.45) is 8.71. The van der Waals surface area contributed by atoms with Crippen molar-refractivity contribution >= 4 is 46.6 Å². The maximum atomic E-state index is 14.1. The number of nitrogens with one attached hydrogen (secondary N) is 2. The maximum Gasteiger partial charge on any atom is 0.246 e. The van der Waals surface area contributed by atoms with Crippen molar-refractivity contribution in [2.45, 2.75) is 62.3 Å². The van der Waals surface area contributed by atoms with Crippen LogP contribution in [0, 0.1) is 11.8 Å². The number of ether oxygens (including phenoxy) is 1. The van der Waals surface area contributed by atoms with Crippen molar-refractivity contribution in [3.63, 3.8) is 0 Å². The molecule has 5 atom stereocenters. The molecule has 2 saturated heterocycles. The molecular formula is C30H31Cl2N3O4. The molecule has 2 N–H and O–H groups in total. The molecule has 1 aliphatic carbocycles. The molecule has 3 unspecified atom stereocenters. The Hall–Kier alpha value is -2.87. The lowest BCUT2D eigenvalue weighted by Crippen LogP contribution is -2.56. The van der Waals surface area contributed by atoms with Gasteiger partial charge in [-0.3, -0.25) is 14.4 Å². The second kappa shape index (κ2) is 10.6. The van der Waals surface area contributed by atoms with Crippen LogP contribution in [0.25, 0.3) is 0 Å². The summed E-state index contributed by atoms with van der Waals surface area (Å²) < 4.78 is 6.43. The Kier molecular flexibility index (Phi) is 7.16. The lowest BCUT2D eigenvalue weighted by atomic mass is 9.74. The highest BCUT2D eigenvalue weighted by Crippen LogP contribution is 2.55. The Morgan fingerprint density at radius 2 is 1.82 bits per heavy atom. The number of amides is 3. The Balaban J connectivity index is 1.30. The second-order valence-electron chi connectivity index (χ2n) is 10.9. The Bertz CT molecular complexity index is 1330. The van der Waals surface area contributed by atoms with Crippen LogP contribution in [0.1, 0.15) is 37.7 Å². The zero-order valence-corrected chi connectivity index (χ0v) is 23.0. The minimum atomic E-state index is -1.20. The van der Waals surface area contributed by atoms with Crippen molar-refractivity contribution in [1.29, 1.82) is 0 Å². The molecule has 204 valence electrons. The number of benzene rings is 2. The molecule has 0 radical (unpaired) electrons. The molecule has 2 bridgehead atoms. The van der Waals surface area contributed by atoms with Gasteiger partial charge in [0, 0.05) is 28.3 Å². The summed E-state index contributed by atoms with van der Waals surface area (Å²) in [6, 6.07) is 13.6. The normalized spacial score (nSPS) is 29.5. The van der Waals surface area contributed by atoms with Crippen molar-refractivity contribution in [2.24, 2.45) is 11.8 Å². The van der Waals surface area contributed by atoms with E-state index in [0.717, 1.165) is 31.2 Å². The molecule has 2 aromatic carbocycles. The molecule has 3 aliphatic heterocycles. The fourth-order valence-electron chi connectivity index (χ4n) is 6.77. The predicted octanol–water partition coefficient (Wildman–Crippen LogP) is 4.77. The number of carbonyl (C=O) groups is 3. The van der Waals surface area contributed by atoms with E-state index in [-0.39, 0.29) is 30.3 Å². The third kappa shape index (κ3) is 4.75. The minimum absolute atomic E-state index is 0.0757. The first-order chi connectivity index (χ1) is 18.9. The summed E-state index contributed by atoms with van der Waals surface area (Å²) in [5, 5.41) is 7.22. The van der Waals surface area contributed by atoms with Gasteiger partial charge in [0.15, 0.2) is 0 Å². The largest absolute Gasteiger partial charge is 0.359 e. The number of nitrogens with zero attached hydrogens (tertiary/aromatic N) is 1. The molecule has 6 rings (SSSR count). The van der Waals surface area contributed by atoms with E-state index >= 15 is 0 Å². The number of fused-ring (bicyclic) bond motifs is 1. The monoisotopic (exact) mass is 567 g/mol. The van der Waals surface area contributed by atoms with E-state index in [1.165, 1.54) is 6.42 Å². The first kappa shape index (κ1) is 26.4. The van der Waals surface area contributed by atoms with Crippen LogP contribution in [0.3, 0.4) is 0 Å². The number of halogens is 2. The van der Waals surface area contributed by atoms with Crippen molar-refractivity contribution in [2.75, 3.05) is 11.9 Å². The topological polar surface area (TPSA) is 87.7 Å². The highest BCUT2D eigenvalue weighted by atomic mass is 35.5. The van der Waals surface area contributed by atoms with Gasteiger partial charge in [-0.25, -0.2) is 0 Å². The van der Waals surface area contributed by atoms with Crippen LogP contribution < -0.4 is 10.6 Å².